The number of benzene rings is 2. The van der Waals surface area contributed by atoms with Gasteiger partial charge in [-0.1, -0.05) is 11.6 Å². The maximum Gasteiger partial charge on any atom is 0.255 e. The summed E-state index contributed by atoms with van der Waals surface area (Å²) in [4.78, 5) is 12.0. The molecule has 2 aromatic carbocycles. The maximum atomic E-state index is 13.1. The molecule has 0 heterocycles. The van der Waals surface area contributed by atoms with Crippen molar-refractivity contribution in [2.24, 2.45) is 0 Å². The van der Waals surface area contributed by atoms with E-state index in [0.29, 0.717) is 21.8 Å². The van der Waals surface area contributed by atoms with Crippen LogP contribution in [0.3, 0.4) is 0 Å². The second kappa shape index (κ2) is 5.72. The van der Waals surface area contributed by atoms with E-state index in [9.17, 15) is 9.18 Å². The highest BCUT2D eigenvalue weighted by Crippen LogP contribution is 2.25. The quantitative estimate of drug-likeness (QED) is 0.834. The third-order valence-electron chi connectivity index (χ3n) is 2.60. The molecular formula is C14H10BrClFNO. The number of anilines is 1. The summed E-state index contributed by atoms with van der Waals surface area (Å²) in [5.41, 5.74) is 1.42. The molecule has 98 valence electrons. The zero-order chi connectivity index (χ0) is 14.0. The van der Waals surface area contributed by atoms with Crippen molar-refractivity contribution in [3.05, 3.63) is 62.8 Å². The van der Waals surface area contributed by atoms with E-state index in [1.165, 1.54) is 18.2 Å². The van der Waals surface area contributed by atoms with Gasteiger partial charge in [-0.3, -0.25) is 4.79 Å². The van der Waals surface area contributed by atoms with Gasteiger partial charge in [0, 0.05) is 15.7 Å². The molecule has 0 bridgehead atoms. The molecule has 1 N–H and O–H groups in total. The predicted octanol–water partition coefficient (Wildman–Crippen LogP) is 4.80. The lowest BCUT2D eigenvalue weighted by molar-refractivity contribution is 0.102. The van der Waals surface area contributed by atoms with E-state index in [0.717, 1.165) is 4.47 Å². The van der Waals surface area contributed by atoms with Crippen LogP contribution in [-0.4, -0.2) is 5.91 Å². The van der Waals surface area contributed by atoms with Gasteiger partial charge in [0.2, 0.25) is 0 Å². The van der Waals surface area contributed by atoms with E-state index in [-0.39, 0.29) is 11.7 Å². The third kappa shape index (κ3) is 3.33. The van der Waals surface area contributed by atoms with Crippen molar-refractivity contribution in [3.63, 3.8) is 0 Å². The highest BCUT2D eigenvalue weighted by Gasteiger charge is 2.09. The monoisotopic (exact) mass is 341 g/mol. The molecule has 0 aromatic heterocycles. The van der Waals surface area contributed by atoms with Crippen LogP contribution in [0.1, 0.15) is 15.9 Å². The van der Waals surface area contributed by atoms with Crippen molar-refractivity contribution < 1.29 is 9.18 Å². The molecule has 0 spiro atoms. The van der Waals surface area contributed by atoms with E-state index < -0.39 is 0 Å². The number of rotatable bonds is 2. The van der Waals surface area contributed by atoms with Gasteiger partial charge in [0.1, 0.15) is 5.82 Å². The summed E-state index contributed by atoms with van der Waals surface area (Å²) in [6, 6.07) is 9.33. The van der Waals surface area contributed by atoms with Gasteiger partial charge in [-0.2, -0.15) is 0 Å². The molecule has 5 heteroatoms. The standard InChI is InChI=1S/C14H10BrClFNO/c1-8-6-9(2-5-13(8)17)14(19)18-10-3-4-11(15)12(16)7-10/h2-7H,1H3,(H,18,19). The third-order valence-corrected chi connectivity index (χ3v) is 3.83. The van der Waals surface area contributed by atoms with Gasteiger partial charge in [0.25, 0.3) is 5.91 Å². The first kappa shape index (κ1) is 14.0. The summed E-state index contributed by atoms with van der Waals surface area (Å²) in [5.74, 6) is -0.635. The van der Waals surface area contributed by atoms with E-state index >= 15 is 0 Å². The second-order valence-corrected chi connectivity index (χ2v) is 5.31. The highest BCUT2D eigenvalue weighted by molar-refractivity contribution is 9.10. The fourth-order valence-corrected chi connectivity index (χ4v) is 1.99. The van der Waals surface area contributed by atoms with Gasteiger partial charge in [-0.05, 0) is 64.8 Å². The fraction of sp³-hybridized carbons (Fsp3) is 0.0714. The molecule has 0 aliphatic heterocycles. The number of halogens is 3. The topological polar surface area (TPSA) is 29.1 Å². The molecule has 0 radical (unpaired) electrons. The molecule has 1 amide bonds. The van der Waals surface area contributed by atoms with Crippen molar-refractivity contribution in [2.45, 2.75) is 6.92 Å². The summed E-state index contributed by atoms with van der Waals surface area (Å²) in [6.45, 7) is 1.61. The Morgan fingerprint density at radius 3 is 2.63 bits per heavy atom. The van der Waals surface area contributed by atoms with E-state index in [1.807, 2.05) is 0 Å². The van der Waals surface area contributed by atoms with Gasteiger partial charge in [0.15, 0.2) is 0 Å². The lowest BCUT2D eigenvalue weighted by Crippen LogP contribution is -2.12. The van der Waals surface area contributed by atoms with Crippen LogP contribution in [0.4, 0.5) is 10.1 Å². The van der Waals surface area contributed by atoms with Crippen LogP contribution in [-0.2, 0) is 0 Å². The van der Waals surface area contributed by atoms with Crippen LogP contribution in [0, 0.1) is 12.7 Å². The molecule has 0 saturated carbocycles. The minimum Gasteiger partial charge on any atom is -0.322 e. The first-order valence-electron chi connectivity index (χ1n) is 5.50. The first-order chi connectivity index (χ1) is 8.97. The molecule has 0 aliphatic rings. The predicted molar refractivity (Wildman–Crippen MR) is 78.2 cm³/mol. The Hall–Kier alpha value is -1.39. The van der Waals surface area contributed by atoms with Crippen LogP contribution in [0.25, 0.3) is 0 Å². The largest absolute Gasteiger partial charge is 0.322 e. The number of aryl methyl sites for hydroxylation is 1. The summed E-state index contributed by atoms with van der Waals surface area (Å²) in [6.07, 6.45) is 0. The summed E-state index contributed by atoms with van der Waals surface area (Å²) in [5, 5.41) is 3.21. The summed E-state index contributed by atoms with van der Waals surface area (Å²) in [7, 11) is 0. The number of amides is 1. The molecular weight excluding hydrogens is 333 g/mol. The Morgan fingerprint density at radius 2 is 2.00 bits per heavy atom. The van der Waals surface area contributed by atoms with Crippen LogP contribution < -0.4 is 5.32 Å². The zero-order valence-electron chi connectivity index (χ0n) is 10.0. The molecule has 0 fully saturated rings. The minimum atomic E-state index is -0.330. The van der Waals surface area contributed by atoms with Gasteiger partial charge in [0.05, 0.1) is 5.02 Å². The lowest BCUT2D eigenvalue weighted by Gasteiger charge is -2.07. The highest BCUT2D eigenvalue weighted by atomic mass is 79.9. The Labute approximate surface area is 123 Å². The smallest absolute Gasteiger partial charge is 0.255 e. The molecule has 0 unspecified atom stereocenters. The number of hydrogen-bond donors (Lipinski definition) is 1. The van der Waals surface area contributed by atoms with Crippen molar-refractivity contribution in [3.8, 4) is 0 Å². The summed E-state index contributed by atoms with van der Waals surface area (Å²) >= 11 is 9.21. The average molecular weight is 343 g/mol. The molecule has 0 aliphatic carbocycles. The van der Waals surface area contributed by atoms with Gasteiger partial charge in [-0.15, -0.1) is 0 Å². The Bertz CT molecular complexity index is 645. The second-order valence-electron chi connectivity index (χ2n) is 4.05. The molecule has 19 heavy (non-hydrogen) atoms. The normalized spacial score (nSPS) is 10.3. The maximum absolute atomic E-state index is 13.1. The number of carbonyl (C=O) groups is 1. The van der Waals surface area contributed by atoms with E-state index in [1.54, 1.807) is 25.1 Å². The van der Waals surface area contributed by atoms with Gasteiger partial charge >= 0.3 is 0 Å². The Morgan fingerprint density at radius 1 is 1.26 bits per heavy atom. The lowest BCUT2D eigenvalue weighted by atomic mass is 10.1. The van der Waals surface area contributed by atoms with Crippen molar-refractivity contribution in [2.75, 3.05) is 5.32 Å². The Kier molecular flexibility index (Phi) is 4.22. The number of nitrogens with one attached hydrogen (secondary N) is 1. The molecule has 2 rings (SSSR count). The number of hydrogen-bond acceptors (Lipinski definition) is 1. The zero-order valence-corrected chi connectivity index (χ0v) is 12.3. The summed E-state index contributed by atoms with van der Waals surface area (Å²) < 4.78 is 13.9. The molecule has 2 nitrogen and oxygen atoms in total. The molecule has 0 saturated heterocycles. The minimum absolute atomic E-state index is 0.304. The molecule has 2 aromatic rings. The van der Waals surface area contributed by atoms with Gasteiger partial charge in [-0.25, -0.2) is 4.39 Å². The van der Waals surface area contributed by atoms with Crippen molar-refractivity contribution >= 4 is 39.1 Å². The van der Waals surface area contributed by atoms with Crippen LogP contribution in [0.5, 0.6) is 0 Å². The SMILES string of the molecule is Cc1cc(C(=O)Nc2ccc(Br)c(Cl)c2)ccc1F. The fourth-order valence-electron chi connectivity index (χ4n) is 1.56. The molecule has 0 atom stereocenters. The Balaban J connectivity index is 2.20. The van der Waals surface area contributed by atoms with Crippen molar-refractivity contribution in [1.29, 1.82) is 0 Å². The van der Waals surface area contributed by atoms with E-state index in [2.05, 4.69) is 21.2 Å². The van der Waals surface area contributed by atoms with Crippen molar-refractivity contribution in [1.82, 2.24) is 0 Å². The van der Waals surface area contributed by atoms with E-state index in [4.69, 9.17) is 11.6 Å². The number of carbonyl (C=O) groups excluding carboxylic acids is 1. The van der Waals surface area contributed by atoms with Crippen LogP contribution in [0.2, 0.25) is 5.02 Å². The van der Waals surface area contributed by atoms with Crippen LogP contribution in [0.15, 0.2) is 40.9 Å². The average Bonchev–Trinajstić information content (AvgIpc) is 2.37. The van der Waals surface area contributed by atoms with Crippen LogP contribution >= 0.6 is 27.5 Å². The van der Waals surface area contributed by atoms with Gasteiger partial charge < -0.3 is 5.32 Å². The first-order valence-corrected chi connectivity index (χ1v) is 6.67.